The number of nitrogens with two attached hydrogens (primary N) is 2. The molecule has 101 heavy (non-hydrogen) atoms. The van der Waals surface area contributed by atoms with Crippen LogP contribution >= 0.6 is 23.2 Å². The fraction of sp³-hybridized carbons (Fsp3) is 0.441. The molecular formula is C68H77Cl2N7O24. The molecule has 11 bridgehead atoms. The number of carbonyl (C=O) groups excluding carboxylic acids is 7. The number of fused-ring (bicyclic) bond motifs is 15. The molecule has 7 aliphatic rings. The summed E-state index contributed by atoms with van der Waals surface area (Å²) in [7, 11) is 1.49. The number of carbonyl (C=O) groups is 8. The van der Waals surface area contributed by atoms with Crippen LogP contribution in [0.1, 0.15) is 118 Å². The Morgan fingerprint density at radius 3 is 1.96 bits per heavy atom. The van der Waals surface area contributed by atoms with Crippen molar-refractivity contribution < 1.29 is 118 Å². The molecule has 0 radical (unpaired) electrons. The van der Waals surface area contributed by atoms with Crippen LogP contribution in [0.15, 0.2) is 78.9 Å². The number of ketones is 2. The lowest BCUT2D eigenvalue weighted by Gasteiger charge is -2.47. The highest BCUT2D eigenvalue weighted by atomic mass is 35.5. The molecule has 33 heteroatoms. The first-order chi connectivity index (χ1) is 47.7. The van der Waals surface area contributed by atoms with Crippen molar-refractivity contribution in [2.45, 2.75) is 163 Å². The summed E-state index contributed by atoms with van der Waals surface area (Å²) in [5.74, 6) is -18.5. The lowest BCUT2D eigenvalue weighted by atomic mass is 9.84. The van der Waals surface area contributed by atoms with Crippen LogP contribution in [0.5, 0.6) is 46.0 Å². The molecule has 5 amide bonds. The van der Waals surface area contributed by atoms with Crippen LogP contribution in [0, 0.1) is 11.8 Å². The minimum absolute atomic E-state index is 0.0768. The lowest BCUT2D eigenvalue weighted by Crippen LogP contribution is -2.64. The molecular weight excluding hydrogens is 1370 g/mol. The molecule has 542 valence electrons. The van der Waals surface area contributed by atoms with Gasteiger partial charge in [0.2, 0.25) is 41.6 Å². The highest BCUT2D eigenvalue weighted by molar-refractivity contribution is 6.32. The summed E-state index contributed by atoms with van der Waals surface area (Å²) < 4.78 is 38.4. The van der Waals surface area contributed by atoms with Gasteiger partial charge >= 0.3 is 5.97 Å². The molecule has 12 rings (SSSR count). The zero-order valence-corrected chi connectivity index (χ0v) is 56.3. The quantitative estimate of drug-likeness (QED) is 0.0802. The predicted octanol–water partition coefficient (Wildman–Crippen LogP) is 2.08. The Morgan fingerprint density at radius 2 is 1.38 bits per heavy atom. The second-order valence-corrected chi connectivity index (χ2v) is 27.1. The number of nitrogens with one attached hydrogen (secondary N) is 5. The van der Waals surface area contributed by atoms with E-state index in [1.165, 1.54) is 39.1 Å². The molecule has 0 aliphatic carbocycles. The molecule has 18 atom stereocenters. The van der Waals surface area contributed by atoms with Crippen LogP contribution in [-0.4, -0.2) is 185 Å². The topological polar surface area (TPSA) is 506 Å². The Bertz CT molecular complexity index is 4070. The number of phenolic OH excluding ortho intramolecular Hbond substituents is 3. The maximum Gasteiger partial charge on any atom is 0.330 e. The molecule has 18 unspecified atom stereocenters. The summed E-state index contributed by atoms with van der Waals surface area (Å²) in [5.41, 5.74) is 8.47. The van der Waals surface area contributed by atoms with Crippen molar-refractivity contribution in [2.75, 3.05) is 13.7 Å². The van der Waals surface area contributed by atoms with Gasteiger partial charge in [0.05, 0.1) is 46.7 Å². The predicted molar refractivity (Wildman–Crippen MR) is 352 cm³/mol. The van der Waals surface area contributed by atoms with Crippen molar-refractivity contribution in [3.05, 3.63) is 117 Å². The number of Topliss-reactive ketones (excluding diaryl/α,β-unsaturated/α-hetero) is 2. The third kappa shape index (κ3) is 16.0. The molecule has 0 spiro atoms. The summed E-state index contributed by atoms with van der Waals surface area (Å²) in [5, 5.41) is 126. The van der Waals surface area contributed by atoms with Crippen LogP contribution in [0.2, 0.25) is 10.0 Å². The average Bonchev–Trinajstić information content (AvgIpc) is 0.775. The molecule has 7 heterocycles. The molecule has 19 N–H and O–H groups in total. The van der Waals surface area contributed by atoms with E-state index in [0.29, 0.717) is 0 Å². The molecule has 2 fully saturated rings. The Kier molecular flexibility index (Phi) is 22.5. The van der Waals surface area contributed by atoms with Crippen LogP contribution in [0.3, 0.4) is 0 Å². The number of primary amides is 1. The van der Waals surface area contributed by atoms with Gasteiger partial charge < -0.3 is 118 Å². The zero-order valence-electron chi connectivity index (χ0n) is 54.7. The number of ether oxygens (including phenoxy) is 6. The summed E-state index contributed by atoms with van der Waals surface area (Å²) in [6.45, 7) is 5.72. The minimum atomic E-state index is -2.24. The molecule has 2 saturated heterocycles. The SMILES string of the molecule is CNC(CC(C)C)C(=O)NC1C(=O)CC(CC(N)=O)C(=O)NC2C(=O)CC3C(=O)NC(C(=O)NC(C(=O)O)c4cc(O)cc(O)c4-c4cc3ccc4O)C(O)c3ccc(c(Cl)c3)Oc3cc2cc(c3OC2OC(CO)C(O)C(O)C2OC2CC(C)(N)C(O)C(C)O2)Oc2ccc(cc2Cl)C1O. The number of halogens is 2. The Labute approximate surface area is 585 Å². The van der Waals surface area contributed by atoms with Crippen LogP contribution in [0.25, 0.3) is 11.1 Å². The smallest absolute Gasteiger partial charge is 0.330 e. The van der Waals surface area contributed by atoms with Gasteiger partial charge in [-0.3, -0.25) is 33.6 Å². The first-order valence-electron chi connectivity index (χ1n) is 32.1. The third-order valence-electron chi connectivity index (χ3n) is 18.4. The van der Waals surface area contributed by atoms with Gasteiger partial charge in [-0.2, -0.15) is 0 Å². The minimum Gasteiger partial charge on any atom is -0.508 e. The van der Waals surface area contributed by atoms with Crippen LogP contribution in [-0.2, 0) is 52.6 Å². The van der Waals surface area contributed by atoms with Crippen molar-refractivity contribution in [2.24, 2.45) is 23.3 Å². The van der Waals surface area contributed by atoms with Gasteiger partial charge in [0.15, 0.2) is 41.5 Å². The largest absolute Gasteiger partial charge is 0.508 e. The van der Waals surface area contributed by atoms with Gasteiger partial charge in [-0.15, -0.1) is 0 Å². The fourth-order valence-electron chi connectivity index (χ4n) is 13.0. The first-order valence-corrected chi connectivity index (χ1v) is 32.8. The highest BCUT2D eigenvalue weighted by Crippen LogP contribution is 2.50. The number of hydrogen-bond donors (Lipinski definition) is 17. The van der Waals surface area contributed by atoms with E-state index < -0.39 is 238 Å². The van der Waals surface area contributed by atoms with Crippen molar-refractivity contribution in [3.8, 4) is 57.1 Å². The monoisotopic (exact) mass is 1450 g/mol. The van der Waals surface area contributed by atoms with Gasteiger partial charge in [-0.25, -0.2) is 4.79 Å². The maximum absolute atomic E-state index is 16.1. The van der Waals surface area contributed by atoms with E-state index in [-0.39, 0.29) is 57.5 Å². The fourth-order valence-corrected chi connectivity index (χ4v) is 13.5. The number of benzene rings is 5. The van der Waals surface area contributed by atoms with Crippen LogP contribution in [0.4, 0.5) is 0 Å². The summed E-state index contributed by atoms with van der Waals surface area (Å²) in [6, 6.07) is 4.58. The maximum atomic E-state index is 16.1. The van der Waals surface area contributed by atoms with Crippen molar-refractivity contribution in [3.63, 3.8) is 0 Å². The van der Waals surface area contributed by atoms with Gasteiger partial charge in [-0.1, -0.05) is 55.2 Å². The highest BCUT2D eigenvalue weighted by Gasteiger charge is 2.51. The van der Waals surface area contributed by atoms with E-state index in [9.17, 15) is 75.0 Å². The Hall–Kier alpha value is -8.80. The van der Waals surface area contributed by atoms with Crippen molar-refractivity contribution >= 4 is 70.3 Å². The number of phenols is 3. The molecule has 5 aromatic rings. The molecule has 7 aliphatic heterocycles. The summed E-state index contributed by atoms with van der Waals surface area (Å²) in [6.07, 6.45) is -20.3. The number of aliphatic hydroxyl groups excluding tert-OH is 6. The second-order valence-electron chi connectivity index (χ2n) is 26.3. The second kappa shape index (κ2) is 30.4. The summed E-state index contributed by atoms with van der Waals surface area (Å²) in [4.78, 5) is 117. The van der Waals surface area contributed by atoms with E-state index in [0.717, 1.165) is 60.7 Å². The number of aliphatic hydroxyl groups is 6. The molecule has 0 aromatic heterocycles. The normalized spacial score (nSPS) is 29.6. The Balaban J connectivity index is 1.24. The van der Waals surface area contributed by atoms with Gasteiger partial charge in [-0.05, 0) is 110 Å². The number of aromatic hydroxyl groups is 3. The molecule has 0 saturated carbocycles. The zero-order chi connectivity index (χ0) is 73.5. The number of aliphatic carboxylic acids is 1. The number of rotatable bonds is 13. The standard InChI is InChI=1S/C68H77Cl2N7O24/c1-25(2)12-38(73-5)64(92)76-53-41(82)16-31(19-48(71)84)62(90)74-51-30-17-45(97-43-10-7-28(55(53)85)14-36(43)69)59(101-67-60(58(88)57(87)47(24-78)99-67)100-49-23-68(4,72)61(89)26(3)96-49)46(18-30)98-44-11-8-29(15-37(44)70)56(86)54-65(93)75-52(66(94)95)35-20-32(79)21-40(81)50(35)34-13-27(6-9-39(34)80)33(22-42(51)83)63(91)77-54/h6-11,13-15,17-18,20-21,25-26,31,33,38,47,49,51-58,60-61,67,73,78-81,85-89H,12,16,19,22-24,72H2,1-5H3,(H2,71,84)(H,74,90)(H,75,93)(H,76,92)(H,77,91)(H,94,95). The van der Waals surface area contributed by atoms with Gasteiger partial charge in [0.1, 0.15) is 77.4 Å². The van der Waals surface area contributed by atoms with Crippen molar-refractivity contribution in [1.29, 1.82) is 0 Å². The van der Waals surface area contributed by atoms with E-state index in [2.05, 4.69) is 26.6 Å². The summed E-state index contributed by atoms with van der Waals surface area (Å²) >= 11 is 14.1. The van der Waals surface area contributed by atoms with Crippen LogP contribution < -0.4 is 52.3 Å². The van der Waals surface area contributed by atoms with E-state index in [1.807, 2.05) is 13.8 Å². The number of hydrogen-bond acceptors (Lipinski definition) is 25. The van der Waals surface area contributed by atoms with E-state index in [1.54, 1.807) is 0 Å². The number of carboxylic acid groups (broad SMARTS) is 1. The number of amides is 5. The first kappa shape index (κ1) is 74.9. The van der Waals surface area contributed by atoms with E-state index >= 15 is 14.4 Å². The number of carboxylic acids is 1. The van der Waals surface area contributed by atoms with Crippen molar-refractivity contribution in [1.82, 2.24) is 26.6 Å². The Morgan fingerprint density at radius 1 is 0.743 bits per heavy atom. The average molecular weight is 1450 g/mol. The lowest BCUT2D eigenvalue weighted by molar-refractivity contribution is -0.333. The number of likely N-dealkylation sites (N-methyl/N-ethyl adjacent to an activating group) is 1. The van der Waals surface area contributed by atoms with E-state index in [4.69, 9.17) is 63.1 Å². The molecule has 5 aromatic carbocycles. The van der Waals surface area contributed by atoms with Gasteiger partial charge in [0.25, 0.3) is 0 Å². The third-order valence-corrected chi connectivity index (χ3v) is 19.0. The van der Waals surface area contributed by atoms with Gasteiger partial charge in [0, 0.05) is 54.0 Å². The molecule has 31 nitrogen and oxygen atoms in total.